The molecule has 0 bridgehead atoms. The number of thiol groups is 1. The standard InChI is InChI=1S/C59H69N7O15S2/c1-60-44-32-51(49(76-3)30-42(44)57(69)64-18-15-39-10-5-7-12-46(39)64)80-35-37-26-38(36-81-52-33-45-43(31-50(52)77-4)58(70)66-47-13-8-6-11-40(47)29-48(66)56(62-45)83(72,73)74)28-41(27-37)63(20-21-78-24-25-79-23-22-75-2)17-9-14-54(67)61-16-19-65-55(68)34-53(82)59(65)71/h5-8,10-13,26-28,30-33,48,53,56,60,62,82H,9,14-25,29,34-36H2,1-4H3,(H,61,67)(H,72,73,74)/t48-,53?,56?/m0/s1. The first-order valence-corrected chi connectivity index (χ1v) is 29.3. The molecule has 24 heteroatoms. The Morgan fingerprint density at radius 2 is 1.45 bits per heavy atom. The number of amides is 5. The number of para-hydroxylation sites is 2. The van der Waals surface area contributed by atoms with E-state index in [1.807, 2.05) is 48.5 Å². The quantitative estimate of drug-likeness (QED) is 0.0173. The lowest BCUT2D eigenvalue weighted by molar-refractivity contribution is -0.138. The predicted molar refractivity (Wildman–Crippen MR) is 314 cm³/mol. The van der Waals surface area contributed by atoms with Gasteiger partial charge in [-0.2, -0.15) is 21.0 Å². The average Bonchev–Trinajstić information content (AvgIpc) is 3.14. The van der Waals surface area contributed by atoms with Crippen molar-refractivity contribution in [1.82, 2.24) is 10.2 Å². The monoisotopic (exact) mass is 1180 g/mol. The molecule has 0 spiro atoms. The molecule has 4 heterocycles. The van der Waals surface area contributed by atoms with Crippen molar-refractivity contribution in [3.63, 3.8) is 0 Å². The van der Waals surface area contributed by atoms with Crippen molar-refractivity contribution in [3.8, 4) is 23.0 Å². The van der Waals surface area contributed by atoms with E-state index in [4.69, 9.17) is 33.2 Å². The number of nitrogens with zero attached hydrogens (tertiary/aromatic N) is 4. The number of ether oxygens (including phenoxy) is 7. The highest BCUT2D eigenvalue weighted by Gasteiger charge is 2.47. The van der Waals surface area contributed by atoms with Gasteiger partial charge in [0.25, 0.3) is 21.9 Å². The Labute approximate surface area is 487 Å². The summed E-state index contributed by atoms with van der Waals surface area (Å²) >= 11 is 4.19. The summed E-state index contributed by atoms with van der Waals surface area (Å²) in [6, 6.07) is 26.1. The summed E-state index contributed by atoms with van der Waals surface area (Å²) < 4.78 is 78.3. The molecule has 1 fully saturated rings. The molecule has 1 saturated heterocycles. The minimum absolute atomic E-state index is 0.000705. The number of benzene rings is 5. The zero-order chi connectivity index (χ0) is 58.8. The number of nitrogens with one attached hydrogen (secondary N) is 3. The van der Waals surface area contributed by atoms with Gasteiger partial charge in [0.2, 0.25) is 17.7 Å². The van der Waals surface area contributed by atoms with Crippen molar-refractivity contribution < 1.29 is 70.1 Å². The van der Waals surface area contributed by atoms with Crippen LogP contribution in [0.2, 0.25) is 0 Å². The Hall–Kier alpha value is -7.61. The molecule has 5 aromatic carbocycles. The number of imide groups is 1. The lowest BCUT2D eigenvalue weighted by atomic mass is 10.1. The topological polar surface area (TPSA) is 253 Å². The van der Waals surface area contributed by atoms with E-state index < -0.39 is 32.7 Å². The van der Waals surface area contributed by atoms with Gasteiger partial charge < -0.3 is 63.8 Å². The third-order valence-electron chi connectivity index (χ3n) is 14.9. The molecule has 22 nitrogen and oxygen atoms in total. The van der Waals surface area contributed by atoms with E-state index in [2.05, 4.69) is 33.5 Å². The summed E-state index contributed by atoms with van der Waals surface area (Å²) in [6.45, 7) is 3.14. The summed E-state index contributed by atoms with van der Waals surface area (Å²) in [5.74, 6) is -0.628. The molecule has 0 saturated carbocycles. The smallest absolute Gasteiger partial charge is 0.288 e. The number of hydrogen-bond acceptors (Lipinski definition) is 18. The third kappa shape index (κ3) is 13.9. The first-order chi connectivity index (χ1) is 40.1. The fourth-order valence-electron chi connectivity index (χ4n) is 10.8. The van der Waals surface area contributed by atoms with Gasteiger partial charge in [0.1, 0.15) is 13.2 Å². The normalized spacial score (nSPS) is 17.1. The van der Waals surface area contributed by atoms with E-state index in [-0.39, 0.29) is 98.6 Å². The Morgan fingerprint density at radius 3 is 2.12 bits per heavy atom. The second-order valence-electron chi connectivity index (χ2n) is 20.2. The minimum Gasteiger partial charge on any atom is -0.493 e. The van der Waals surface area contributed by atoms with Gasteiger partial charge in [0, 0.05) is 88.9 Å². The van der Waals surface area contributed by atoms with Crippen molar-refractivity contribution >= 4 is 80.7 Å². The highest BCUT2D eigenvalue weighted by Crippen LogP contribution is 2.44. The van der Waals surface area contributed by atoms with Gasteiger partial charge in [0.05, 0.1) is 81.0 Å². The highest BCUT2D eigenvalue weighted by molar-refractivity contribution is 7.86. The zero-order valence-corrected chi connectivity index (χ0v) is 48.4. The van der Waals surface area contributed by atoms with Crippen LogP contribution in [-0.2, 0) is 64.8 Å². The van der Waals surface area contributed by atoms with Gasteiger partial charge >= 0.3 is 0 Å². The van der Waals surface area contributed by atoms with Gasteiger partial charge in [-0.25, -0.2) is 0 Å². The molecule has 4 aliphatic heterocycles. The van der Waals surface area contributed by atoms with Gasteiger partial charge in [-0.1, -0.05) is 36.4 Å². The van der Waals surface area contributed by atoms with Gasteiger partial charge in [-0.15, -0.1) is 0 Å². The number of carbonyl (C=O) groups excluding carboxylic acids is 5. The molecule has 442 valence electrons. The van der Waals surface area contributed by atoms with Crippen LogP contribution in [0.4, 0.5) is 28.4 Å². The molecule has 3 atom stereocenters. The molecular formula is C59H69N7O15S2. The Kier molecular flexibility index (Phi) is 19.7. The minimum atomic E-state index is -4.77. The van der Waals surface area contributed by atoms with Crippen molar-refractivity contribution in [2.45, 2.75) is 62.0 Å². The number of methoxy groups -OCH3 is 3. The van der Waals surface area contributed by atoms with Gasteiger partial charge in [-0.3, -0.25) is 33.4 Å². The Balaban J connectivity index is 0.999. The second-order valence-corrected chi connectivity index (χ2v) is 22.3. The number of likely N-dealkylation sites (tertiary alicyclic amines) is 1. The first-order valence-electron chi connectivity index (χ1n) is 27.3. The molecule has 4 N–H and O–H groups in total. The number of rotatable bonds is 28. The van der Waals surface area contributed by atoms with Gasteiger partial charge in [0.15, 0.2) is 28.4 Å². The van der Waals surface area contributed by atoms with Crippen LogP contribution in [0.5, 0.6) is 23.0 Å². The van der Waals surface area contributed by atoms with Crippen molar-refractivity contribution in [2.24, 2.45) is 0 Å². The van der Waals surface area contributed by atoms with E-state index in [0.29, 0.717) is 97.7 Å². The summed E-state index contributed by atoms with van der Waals surface area (Å²) in [5.41, 5.74) is 6.44. The third-order valence-corrected chi connectivity index (χ3v) is 16.4. The van der Waals surface area contributed by atoms with Crippen molar-refractivity contribution in [2.75, 3.05) is 119 Å². The number of fused-ring (bicyclic) bond motifs is 5. The maximum Gasteiger partial charge on any atom is 0.288 e. The van der Waals surface area contributed by atoms with E-state index in [0.717, 1.165) is 28.1 Å². The van der Waals surface area contributed by atoms with Gasteiger partial charge in [-0.05, 0) is 84.0 Å². The van der Waals surface area contributed by atoms with Crippen LogP contribution >= 0.6 is 12.6 Å². The molecule has 2 unspecified atom stereocenters. The lowest BCUT2D eigenvalue weighted by Crippen LogP contribution is -2.49. The average molecular weight is 1180 g/mol. The van der Waals surface area contributed by atoms with E-state index in [1.54, 1.807) is 49.4 Å². The van der Waals surface area contributed by atoms with Crippen molar-refractivity contribution in [3.05, 3.63) is 124 Å². The molecule has 83 heavy (non-hydrogen) atoms. The predicted octanol–water partition coefficient (Wildman–Crippen LogP) is 5.76. The van der Waals surface area contributed by atoms with E-state index in [1.165, 1.54) is 31.3 Å². The molecule has 4 aliphatic rings. The van der Waals surface area contributed by atoms with E-state index in [9.17, 15) is 36.9 Å². The summed E-state index contributed by atoms with van der Waals surface area (Å²) in [4.78, 5) is 72.9. The molecule has 5 aromatic rings. The molecule has 0 aromatic heterocycles. The van der Waals surface area contributed by atoms with Crippen LogP contribution in [-0.4, -0.2) is 158 Å². The number of carbonyl (C=O) groups is 5. The Morgan fingerprint density at radius 1 is 0.783 bits per heavy atom. The SMILES string of the molecule is CNc1cc(OCc2cc(COc3cc4c(cc3OC)C(=O)N3c5ccccc5C[C@H]3C(S(=O)(=O)O)N4)cc(N(CCCC(=O)NCCN3C(=O)CC(S)C3=O)CCOCCOCCOC)c2)c(OC)cc1C(=O)N1CCc2ccccc21. The van der Waals surface area contributed by atoms with Crippen LogP contribution in [0.3, 0.4) is 0 Å². The van der Waals surface area contributed by atoms with E-state index >= 15 is 0 Å². The van der Waals surface area contributed by atoms with Crippen LogP contribution in [0.25, 0.3) is 0 Å². The zero-order valence-electron chi connectivity index (χ0n) is 46.7. The Bertz CT molecular complexity index is 3330. The van der Waals surface area contributed by atoms with Crippen LogP contribution in [0, 0.1) is 0 Å². The largest absolute Gasteiger partial charge is 0.493 e. The first kappa shape index (κ1) is 60.0. The molecular weight excluding hydrogens is 1110 g/mol. The van der Waals surface area contributed by atoms with Crippen LogP contribution < -0.4 is 49.6 Å². The maximum atomic E-state index is 14.4. The summed E-state index contributed by atoms with van der Waals surface area (Å²) in [7, 11) is 1.48. The highest BCUT2D eigenvalue weighted by atomic mass is 32.2. The van der Waals surface area contributed by atoms with Crippen LogP contribution in [0.1, 0.15) is 62.2 Å². The molecule has 0 aliphatic carbocycles. The fourth-order valence-corrected chi connectivity index (χ4v) is 11.9. The summed E-state index contributed by atoms with van der Waals surface area (Å²) in [5, 5.41) is 6.67. The lowest BCUT2D eigenvalue weighted by Gasteiger charge is -2.27. The summed E-state index contributed by atoms with van der Waals surface area (Å²) in [6.07, 6.45) is 1.45. The van der Waals surface area contributed by atoms with Crippen LogP contribution in [0.15, 0.2) is 91.0 Å². The number of hydrogen-bond donors (Lipinski definition) is 5. The fraction of sp³-hybridized carbons (Fsp3) is 0.407. The number of anilines is 5. The second kappa shape index (κ2) is 27.2. The molecule has 0 radical (unpaired) electrons. The maximum absolute atomic E-state index is 14.4. The molecule has 5 amide bonds. The van der Waals surface area contributed by atoms with Crippen molar-refractivity contribution in [1.29, 1.82) is 0 Å². The molecule has 9 rings (SSSR count).